The number of aliphatic carboxylic acids is 1. The van der Waals surface area contributed by atoms with Crippen molar-refractivity contribution in [3.05, 3.63) is 69.8 Å². The summed E-state index contributed by atoms with van der Waals surface area (Å²) in [6, 6.07) is 10.6. The highest BCUT2D eigenvalue weighted by atomic mass is 16.6. The molecule has 2 aromatic rings. The van der Waals surface area contributed by atoms with E-state index in [4.69, 9.17) is 4.74 Å². The number of carbonyl (C=O) groups is 4. The molecule has 1 saturated heterocycles. The molecule has 1 saturated carbocycles. The molecule has 1 aliphatic heterocycles. The SMILES string of the molecule is COc1cccc(C(=O)N2CCN(C(=O)C3CCCC3)C2C(=O)NC(CC(=O)O)c2cccc([N+](=O)[O-])c2)c1. The zero-order valence-electron chi connectivity index (χ0n) is 21.4. The fraction of sp³-hybridized carbons (Fsp3) is 0.407. The second-order valence-corrected chi connectivity index (χ2v) is 9.63. The van der Waals surface area contributed by atoms with Gasteiger partial charge in [0.1, 0.15) is 5.75 Å². The topological polar surface area (TPSA) is 159 Å². The van der Waals surface area contributed by atoms with Crippen molar-refractivity contribution in [3.63, 3.8) is 0 Å². The van der Waals surface area contributed by atoms with Crippen LogP contribution < -0.4 is 10.1 Å². The number of nitrogens with one attached hydrogen (secondary N) is 1. The van der Waals surface area contributed by atoms with Crippen LogP contribution in [0.3, 0.4) is 0 Å². The summed E-state index contributed by atoms with van der Waals surface area (Å²) in [5, 5.41) is 23.4. The first-order chi connectivity index (χ1) is 18.7. The number of nitro benzene ring substituents is 1. The molecule has 206 valence electrons. The fourth-order valence-electron chi connectivity index (χ4n) is 5.21. The Morgan fingerprint density at radius 2 is 1.77 bits per heavy atom. The Morgan fingerprint density at radius 1 is 1.08 bits per heavy atom. The quantitative estimate of drug-likeness (QED) is 0.364. The predicted molar refractivity (Wildman–Crippen MR) is 138 cm³/mol. The highest BCUT2D eigenvalue weighted by Crippen LogP contribution is 2.31. The summed E-state index contributed by atoms with van der Waals surface area (Å²) < 4.78 is 5.22. The van der Waals surface area contributed by atoms with Gasteiger partial charge in [0.05, 0.1) is 24.5 Å². The molecule has 2 unspecified atom stereocenters. The number of carboxylic acids is 1. The van der Waals surface area contributed by atoms with E-state index in [2.05, 4.69) is 5.32 Å². The van der Waals surface area contributed by atoms with Crippen LogP contribution >= 0.6 is 0 Å². The van der Waals surface area contributed by atoms with Crippen molar-refractivity contribution in [3.8, 4) is 5.75 Å². The Morgan fingerprint density at radius 3 is 2.44 bits per heavy atom. The summed E-state index contributed by atoms with van der Waals surface area (Å²) in [5.41, 5.74) is 0.228. The second kappa shape index (κ2) is 11.9. The van der Waals surface area contributed by atoms with E-state index in [1.165, 1.54) is 47.2 Å². The zero-order valence-corrected chi connectivity index (χ0v) is 21.4. The number of carboxylic acid groups (broad SMARTS) is 1. The molecule has 0 aromatic heterocycles. The third-order valence-electron chi connectivity index (χ3n) is 7.15. The maximum absolute atomic E-state index is 13.8. The normalized spacial score (nSPS) is 18.0. The Kier molecular flexibility index (Phi) is 8.43. The van der Waals surface area contributed by atoms with Gasteiger partial charge in [0.2, 0.25) is 5.91 Å². The van der Waals surface area contributed by atoms with E-state index in [0.29, 0.717) is 18.6 Å². The van der Waals surface area contributed by atoms with Crippen LogP contribution in [0.4, 0.5) is 5.69 Å². The van der Waals surface area contributed by atoms with Crippen molar-refractivity contribution >= 4 is 29.4 Å². The van der Waals surface area contributed by atoms with Gasteiger partial charge in [-0.1, -0.05) is 31.0 Å². The Hall–Kier alpha value is -4.48. The monoisotopic (exact) mass is 538 g/mol. The number of nitrogens with zero attached hydrogens (tertiary/aromatic N) is 3. The number of methoxy groups -OCH3 is 1. The number of hydrogen-bond acceptors (Lipinski definition) is 7. The number of benzene rings is 2. The molecule has 0 bridgehead atoms. The van der Waals surface area contributed by atoms with Crippen molar-refractivity contribution in [2.75, 3.05) is 20.2 Å². The van der Waals surface area contributed by atoms with Crippen LogP contribution in [-0.4, -0.2) is 69.9 Å². The van der Waals surface area contributed by atoms with E-state index >= 15 is 0 Å². The Balaban J connectivity index is 1.66. The molecule has 12 heteroatoms. The van der Waals surface area contributed by atoms with Crippen LogP contribution in [-0.2, 0) is 14.4 Å². The molecule has 2 N–H and O–H groups in total. The van der Waals surface area contributed by atoms with Gasteiger partial charge < -0.3 is 25.0 Å². The minimum absolute atomic E-state index is 0.104. The van der Waals surface area contributed by atoms with Crippen molar-refractivity contribution in [1.82, 2.24) is 15.1 Å². The molecule has 2 aliphatic rings. The molecule has 3 amide bonds. The summed E-state index contributed by atoms with van der Waals surface area (Å²) in [7, 11) is 1.47. The Bertz CT molecular complexity index is 1280. The maximum atomic E-state index is 13.8. The third-order valence-corrected chi connectivity index (χ3v) is 7.15. The molecule has 0 radical (unpaired) electrons. The average Bonchev–Trinajstić information content (AvgIpc) is 3.62. The van der Waals surface area contributed by atoms with Crippen molar-refractivity contribution < 1.29 is 33.9 Å². The minimum Gasteiger partial charge on any atom is -0.497 e. The smallest absolute Gasteiger partial charge is 0.305 e. The van der Waals surface area contributed by atoms with E-state index < -0.39 is 41.3 Å². The molecule has 2 fully saturated rings. The molecule has 39 heavy (non-hydrogen) atoms. The van der Waals surface area contributed by atoms with E-state index in [9.17, 15) is 34.4 Å². The summed E-state index contributed by atoms with van der Waals surface area (Å²) in [6.07, 6.45) is 1.33. The van der Waals surface area contributed by atoms with E-state index in [0.717, 1.165) is 12.8 Å². The van der Waals surface area contributed by atoms with Gasteiger partial charge in [0, 0.05) is 36.7 Å². The first-order valence-electron chi connectivity index (χ1n) is 12.7. The first-order valence-corrected chi connectivity index (χ1v) is 12.7. The van der Waals surface area contributed by atoms with Gasteiger partial charge in [-0.3, -0.25) is 29.3 Å². The zero-order chi connectivity index (χ0) is 28.1. The molecular formula is C27H30N4O8. The molecule has 0 spiro atoms. The molecule has 2 aromatic carbocycles. The van der Waals surface area contributed by atoms with Crippen LogP contribution in [0.1, 0.15) is 54.1 Å². The van der Waals surface area contributed by atoms with Crippen molar-refractivity contribution in [2.24, 2.45) is 5.92 Å². The molecule has 2 atom stereocenters. The van der Waals surface area contributed by atoms with Crippen molar-refractivity contribution in [1.29, 1.82) is 0 Å². The summed E-state index contributed by atoms with van der Waals surface area (Å²) in [4.78, 5) is 65.8. The predicted octanol–water partition coefficient (Wildman–Crippen LogP) is 2.74. The molecular weight excluding hydrogens is 508 g/mol. The summed E-state index contributed by atoms with van der Waals surface area (Å²) in [6.45, 7) is 0.247. The molecule has 1 heterocycles. The van der Waals surface area contributed by atoms with E-state index in [-0.39, 0.29) is 41.7 Å². The van der Waals surface area contributed by atoms with E-state index in [1.54, 1.807) is 18.2 Å². The fourth-order valence-corrected chi connectivity index (χ4v) is 5.21. The average molecular weight is 539 g/mol. The standard InChI is InChI=1S/C27H30N4O8/c1-39-21-11-5-9-19(15-21)27(36)30-13-12-29(26(35)17-6-2-3-7-17)25(30)24(34)28-22(16-23(32)33)18-8-4-10-20(14-18)31(37)38/h4-5,8-11,14-15,17,22,25H,2-3,6-7,12-13,16H2,1H3,(H,28,34)(H,32,33). The number of carbonyl (C=O) groups excluding carboxylic acids is 3. The number of hydrogen-bond donors (Lipinski definition) is 2. The summed E-state index contributed by atoms with van der Waals surface area (Å²) >= 11 is 0. The van der Waals surface area contributed by atoms with Crippen LogP contribution in [0.2, 0.25) is 0 Å². The van der Waals surface area contributed by atoms with Gasteiger partial charge >= 0.3 is 5.97 Å². The molecule has 1 aliphatic carbocycles. The summed E-state index contributed by atoms with van der Waals surface area (Å²) in [5.74, 6) is -2.49. The van der Waals surface area contributed by atoms with Crippen LogP contribution in [0.15, 0.2) is 48.5 Å². The Labute approximate surface area is 224 Å². The number of amides is 3. The third kappa shape index (κ3) is 6.16. The van der Waals surface area contributed by atoms with Gasteiger partial charge in [-0.2, -0.15) is 0 Å². The van der Waals surface area contributed by atoms with Crippen LogP contribution in [0, 0.1) is 16.0 Å². The lowest BCUT2D eigenvalue weighted by molar-refractivity contribution is -0.384. The first kappa shape index (κ1) is 27.6. The molecule has 12 nitrogen and oxygen atoms in total. The van der Waals surface area contributed by atoms with Gasteiger partial charge in [0.25, 0.3) is 17.5 Å². The van der Waals surface area contributed by atoms with Gasteiger partial charge in [-0.05, 0) is 36.6 Å². The highest BCUT2D eigenvalue weighted by molar-refractivity contribution is 5.99. The largest absolute Gasteiger partial charge is 0.497 e. The maximum Gasteiger partial charge on any atom is 0.305 e. The molecule has 4 rings (SSSR count). The van der Waals surface area contributed by atoms with E-state index in [1.807, 2.05) is 0 Å². The lowest BCUT2D eigenvalue weighted by atomic mass is 10.0. The number of nitro groups is 1. The number of ether oxygens (including phenoxy) is 1. The van der Waals surface area contributed by atoms with Gasteiger partial charge in [0.15, 0.2) is 6.17 Å². The lowest BCUT2D eigenvalue weighted by Crippen LogP contribution is -2.55. The van der Waals surface area contributed by atoms with Crippen LogP contribution in [0.25, 0.3) is 0 Å². The van der Waals surface area contributed by atoms with Gasteiger partial charge in [-0.25, -0.2) is 0 Å². The van der Waals surface area contributed by atoms with Crippen molar-refractivity contribution in [2.45, 2.75) is 44.3 Å². The number of non-ortho nitro benzene ring substituents is 1. The number of rotatable bonds is 9. The highest BCUT2D eigenvalue weighted by Gasteiger charge is 2.45. The second-order valence-electron chi connectivity index (χ2n) is 9.63. The van der Waals surface area contributed by atoms with Crippen LogP contribution in [0.5, 0.6) is 5.75 Å². The minimum atomic E-state index is -1.31. The van der Waals surface area contributed by atoms with Gasteiger partial charge in [-0.15, -0.1) is 0 Å². The lowest BCUT2D eigenvalue weighted by Gasteiger charge is -2.32.